The van der Waals surface area contributed by atoms with Crippen LogP contribution in [0.2, 0.25) is 5.15 Å². The number of carbonyl (C=O) groups is 1. The Kier molecular flexibility index (Phi) is 2.43. The molecule has 15 heavy (non-hydrogen) atoms. The number of amides is 1. The van der Waals surface area contributed by atoms with E-state index in [1.165, 1.54) is 0 Å². The molecule has 0 aromatic carbocycles. The Morgan fingerprint density at radius 3 is 2.73 bits per heavy atom. The lowest BCUT2D eigenvalue weighted by Gasteiger charge is -2.45. The van der Waals surface area contributed by atoms with E-state index < -0.39 is 0 Å². The first-order valence-electron chi connectivity index (χ1n) is 4.89. The van der Waals surface area contributed by atoms with Crippen LogP contribution in [0.1, 0.15) is 24.2 Å². The van der Waals surface area contributed by atoms with Gasteiger partial charge in [-0.25, -0.2) is 4.98 Å². The Balaban J connectivity index is 2.10. The minimum atomic E-state index is 0.0404. The molecule has 1 aliphatic heterocycles. The largest absolute Gasteiger partial charge is 0.337 e. The fourth-order valence-corrected chi connectivity index (χ4v) is 2.02. The summed E-state index contributed by atoms with van der Waals surface area (Å²) >= 11 is 5.73. The number of halogens is 1. The molecular weight excluding hydrogens is 212 g/mol. The molecule has 1 aliphatic rings. The van der Waals surface area contributed by atoms with Gasteiger partial charge in [0.25, 0.3) is 5.91 Å². The van der Waals surface area contributed by atoms with E-state index in [-0.39, 0.29) is 11.3 Å². The summed E-state index contributed by atoms with van der Waals surface area (Å²) in [6.07, 6.45) is 1.56. The van der Waals surface area contributed by atoms with Crippen LogP contribution in [0.15, 0.2) is 18.3 Å². The van der Waals surface area contributed by atoms with E-state index in [0.717, 1.165) is 13.1 Å². The van der Waals surface area contributed by atoms with Gasteiger partial charge in [0.15, 0.2) is 0 Å². The van der Waals surface area contributed by atoms with Gasteiger partial charge in [0.2, 0.25) is 0 Å². The highest BCUT2D eigenvalue weighted by atomic mass is 35.5. The fraction of sp³-hybridized carbons (Fsp3) is 0.455. The monoisotopic (exact) mass is 224 g/mol. The second kappa shape index (κ2) is 3.49. The van der Waals surface area contributed by atoms with Crippen LogP contribution in [0.4, 0.5) is 0 Å². The molecule has 2 rings (SSSR count). The van der Waals surface area contributed by atoms with Crippen LogP contribution in [-0.2, 0) is 0 Å². The van der Waals surface area contributed by atoms with E-state index in [9.17, 15) is 4.79 Å². The Labute approximate surface area is 94.1 Å². The molecule has 0 spiro atoms. The van der Waals surface area contributed by atoms with Crippen LogP contribution in [0.5, 0.6) is 0 Å². The van der Waals surface area contributed by atoms with E-state index in [1.807, 2.05) is 4.90 Å². The van der Waals surface area contributed by atoms with Gasteiger partial charge in [0.1, 0.15) is 5.15 Å². The highest BCUT2D eigenvalue weighted by molar-refractivity contribution is 6.29. The van der Waals surface area contributed by atoms with Crippen molar-refractivity contribution in [2.75, 3.05) is 13.1 Å². The van der Waals surface area contributed by atoms with Crippen molar-refractivity contribution in [2.24, 2.45) is 5.41 Å². The van der Waals surface area contributed by atoms with Crippen LogP contribution >= 0.6 is 11.6 Å². The zero-order valence-electron chi connectivity index (χ0n) is 8.83. The molecule has 0 unspecified atom stereocenters. The molecule has 80 valence electrons. The second-order valence-corrected chi connectivity index (χ2v) is 5.08. The van der Waals surface area contributed by atoms with Gasteiger partial charge in [-0.2, -0.15) is 0 Å². The summed E-state index contributed by atoms with van der Waals surface area (Å²) in [5, 5.41) is 0.362. The number of likely N-dealkylation sites (tertiary alicyclic amines) is 1. The number of hydrogen-bond acceptors (Lipinski definition) is 2. The molecule has 0 atom stereocenters. The van der Waals surface area contributed by atoms with E-state index in [2.05, 4.69) is 18.8 Å². The Morgan fingerprint density at radius 1 is 1.53 bits per heavy atom. The molecule has 1 aromatic heterocycles. The van der Waals surface area contributed by atoms with Crippen LogP contribution in [0.3, 0.4) is 0 Å². The average molecular weight is 225 g/mol. The molecule has 1 fully saturated rings. The predicted molar refractivity (Wildman–Crippen MR) is 58.9 cm³/mol. The highest BCUT2D eigenvalue weighted by Crippen LogP contribution is 2.29. The molecule has 0 bridgehead atoms. The van der Waals surface area contributed by atoms with Gasteiger partial charge < -0.3 is 4.90 Å². The summed E-state index contributed by atoms with van der Waals surface area (Å²) in [5.41, 5.74) is 0.873. The van der Waals surface area contributed by atoms with E-state index in [1.54, 1.807) is 18.3 Å². The first-order chi connectivity index (χ1) is 6.98. The van der Waals surface area contributed by atoms with Crippen molar-refractivity contribution in [3.05, 3.63) is 29.0 Å². The number of rotatable bonds is 1. The number of nitrogens with zero attached hydrogens (tertiary/aromatic N) is 2. The van der Waals surface area contributed by atoms with Crippen molar-refractivity contribution in [1.82, 2.24) is 9.88 Å². The average Bonchev–Trinajstić information content (AvgIpc) is 2.13. The van der Waals surface area contributed by atoms with Crippen molar-refractivity contribution >= 4 is 17.5 Å². The van der Waals surface area contributed by atoms with Crippen molar-refractivity contribution in [3.63, 3.8) is 0 Å². The Hall–Kier alpha value is -1.09. The quantitative estimate of drug-likeness (QED) is 0.686. The van der Waals surface area contributed by atoms with Crippen LogP contribution in [0, 0.1) is 5.41 Å². The minimum Gasteiger partial charge on any atom is -0.337 e. The van der Waals surface area contributed by atoms with Gasteiger partial charge in [0.05, 0.1) is 0 Å². The molecule has 0 radical (unpaired) electrons. The maximum Gasteiger partial charge on any atom is 0.254 e. The molecule has 1 saturated heterocycles. The maximum absolute atomic E-state index is 11.9. The summed E-state index contributed by atoms with van der Waals surface area (Å²) in [5.74, 6) is 0.0404. The van der Waals surface area contributed by atoms with Crippen molar-refractivity contribution in [1.29, 1.82) is 0 Å². The van der Waals surface area contributed by atoms with Crippen LogP contribution in [0.25, 0.3) is 0 Å². The number of aromatic nitrogens is 1. The second-order valence-electron chi connectivity index (χ2n) is 4.69. The molecule has 1 amide bonds. The molecule has 2 heterocycles. The molecule has 1 aromatic rings. The van der Waals surface area contributed by atoms with Crippen molar-refractivity contribution < 1.29 is 4.79 Å². The van der Waals surface area contributed by atoms with E-state index >= 15 is 0 Å². The molecule has 0 aliphatic carbocycles. The predicted octanol–water partition coefficient (Wildman–Crippen LogP) is 2.22. The van der Waals surface area contributed by atoms with Gasteiger partial charge in [-0.15, -0.1) is 0 Å². The fourth-order valence-electron chi connectivity index (χ4n) is 1.85. The number of carbonyl (C=O) groups excluding carboxylic acids is 1. The lowest BCUT2D eigenvalue weighted by molar-refractivity contribution is 0.0236. The normalized spacial score (nSPS) is 18.5. The summed E-state index contributed by atoms with van der Waals surface area (Å²) in [4.78, 5) is 17.6. The maximum atomic E-state index is 11.9. The van der Waals surface area contributed by atoms with Crippen LogP contribution in [-0.4, -0.2) is 28.9 Å². The first kappa shape index (κ1) is 10.4. The summed E-state index contributed by atoms with van der Waals surface area (Å²) in [7, 11) is 0. The lowest BCUT2D eigenvalue weighted by atomic mass is 9.84. The molecule has 0 N–H and O–H groups in total. The van der Waals surface area contributed by atoms with E-state index in [0.29, 0.717) is 10.7 Å². The van der Waals surface area contributed by atoms with Crippen molar-refractivity contribution in [3.8, 4) is 0 Å². The highest BCUT2D eigenvalue weighted by Gasteiger charge is 2.37. The third-order valence-electron chi connectivity index (χ3n) is 2.50. The standard InChI is InChI=1S/C11H13ClN2O/c1-11(2)6-14(7-11)10(15)8-3-4-13-9(12)5-8/h3-5H,6-7H2,1-2H3. The topological polar surface area (TPSA) is 33.2 Å². The first-order valence-corrected chi connectivity index (χ1v) is 5.27. The van der Waals surface area contributed by atoms with Gasteiger partial charge in [-0.05, 0) is 17.5 Å². The van der Waals surface area contributed by atoms with Gasteiger partial charge in [-0.1, -0.05) is 25.4 Å². The summed E-state index contributed by atoms with van der Waals surface area (Å²) in [6, 6.07) is 3.30. The number of pyridine rings is 1. The molecular formula is C11H13ClN2O. The molecule has 0 saturated carbocycles. The van der Waals surface area contributed by atoms with Gasteiger partial charge in [-0.3, -0.25) is 4.79 Å². The minimum absolute atomic E-state index is 0.0404. The third-order valence-corrected chi connectivity index (χ3v) is 2.71. The third kappa shape index (κ3) is 2.12. The van der Waals surface area contributed by atoms with Gasteiger partial charge >= 0.3 is 0 Å². The Morgan fingerprint density at radius 2 is 2.20 bits per heavy atom. The SMILES string of the molecule is CC1(C)CN(C(=O)c2ccnc(Cl)c2)C1. The smallest absolute Gasteiger partial charge is 0.254 e. The van der Waals surface area contributed by atoms with Crippen molar-refractivity contribution in [2.45, 2.75) is 13.8 Å². The number of hydrogen-bond donors (Lipinski definition) is 0. The molecule has 3 nitrogen and oxygen atoms in total. The van der Waals surface area contributed by atoms with Crippen LogP contribution < -0.4 is 0 Å². The Bertz CT molecular complexity index is 395. The van der Waals surface area contributed by atoms with E-state index in [4.69, 9.17) is 11.6 Å². The van der Waals surface area contributed by atoms with Gasteiger partial charge in [0, 0.05) is 24.8 Å². The lowest BCUT2D eigenvalue weighted by Crippen LogP contribution is -2.55. The summed E-state index contributed by atoms with van der Waals surface area (Å²) in [6.45, 7) is 5.92. The summed E-state index contributed by atoms with van der Waals surface area (Å²) < 4.78 is 0. The molecule has 4 heteroatoms. The zero-order valence-corrected chi connectivity index (χ0v) is 9.58. The zero-order chi connectivity index (χ0) is 11.1.